The highest BCUT2D eigenvalue weighted by atomic mass is 16.5. The number of nitrogens with two attached hydrogens (primary N) is 1. The first-order valence-corrected chi connectivity index (χ1v) is 10.2. The highest BCUT2D eigenvalue weighted by Crippen LogP contribution is 2.40. The van der Waals surface area contributed by atoms with Gasteiger partial charge in [0.05, 0.1) is 12.2 Å². The molecule has 1 aliphatic rings. The molecule has 0 amide bonds. The molecule has 1 fully saturated rings. The first-order valence-electron chi connectivity index (χ1n) is 10.2. The lowest BCUT2D eigenvalue weighted by Gasteiger charge is -2.30. The Kier molecular flexibility index (Phi) is 8.76. The van der Waals surface area contributed by atoms with Gasteiger partial charge < -0.3 is 15.8 Å². The molecule has 0 saturated heterocycles. The van der Waals surface area contributed by atoms with Crippen molar-refractivity contribution >= 4 is 0 Å². The number of rotatable bonds is 8. The number of nitrogens with one attached hydrogen (secondary N) is 1. The van der Waals surface area contributed by atoms with Crippen LogP contribution in [0.5, 0.6) is 5.75 Å². The lowest BCUT2D eigenvalue weighted by atomic mass is 9.79. The zero-order valence-electron chi connectivity index (χ0n) is 17.1. The highest BCUT2D eigenvalue weighted by Gasteiger charge is 2.35. The molecule has 148 valence electrons. The molecular weight excluding hydrogens is 334 g/mol. The summed E-state index contributed by atoms with van der Waals surface area (Å²) in [5.74, 6) is 0.784. The summed E-state index contributed by atoms with van der Waals surface area (Å²) in [4.78, 5) is 4.14. The van der Waals surface area contributed by atoms with Crippen molar-refractivity contribution in [2.45, 2.75) is 57.9 Å². The van der Waals surface area contributed by atoms with E-state index in [0.717, 1.165) is 24.4 Å². The summed E-state index contributed by atoms with van der Waals surface area (Å²) in [7, 11) is 0. The number of benzene rings is 1. The van der Waals surface area contributed by atoms with Gasteiger partial charge in [0.2, 0.25) is 0 Å². The molecule has 1 unspecified atom stereocenters. The number of nitrogens with zero attached hydrogens (tertiary/aromatic N) is 1. The molecule has 27 heavy (non-hydrogen) atoms. The molecule has 0 aliphatic heterocycles. The normalized spacial score (nSPS) is 16.3. The van der Waals surface area contributed by atoms with Crippen LogP contribution in [0.2, 0.25) is 0 Å². The van der Waals surface area contributed by atoms with E-state index in [4.69, 9.17) is 10.5 Å². The molecule has 1 aromatic heterocycles. The summed E-state index contributed by atoms with van der Waals surface area (Å²) < 4.78 is 5.75. The molecule has 4 nitrogen and oxygen atoms in total. The van der Waals surface area contributed by atoms with E-state index in [1.54, 1.807) is 6.20 Å². The second-order valence-corrected chi connectivity index (χ2v) is 7.25. The first kappa shape index (κ1) is 21.4. The second kappa shape index (κ2) is 11.1. The minimum Gasteiger partial charge on any atom is -0.490 e. The lowest BCUT2D eigenvalue weighted by Crippen LogP contribution is -2.43. The van der Waals surface area contributed by atoms with Gasteiger partial charge >= 0.3 is 0 Å². The van der Waals surface area contributed by atoms with Crippen molar-refractivity contribution in [1.29, 1.82) is 0 Å². The standard InChI is InChI=1S/C21H29N3O.C2H6/c1-17-11-20(14-23-12-17)25-15-19(22)13-24-16-21(9-5-6-10-21)18-7-3-2-4-8-18;1-2/h2-4,7-8,11-12,14,19,24H,5-6,9-10,13,15-16,22H2,1H3;1-2H3. The van der Waals surface area contributed by atoms with Crippen LogP contribution >= 0.6 is 0 Å². The van der Waals surface area contributed by atoms with Crippen molar-refractivity contribution in [3.63, 3.8) is 0 Å². The van der Waals surface area contributed by atoms with Crippen molar-refractivity contribution in [2.75, 3.05) is 19.7 Å². The van der Waals surface area contributed by atoms with E-state index in [0.29, 0.717) is 6.61 Å². The third-order valence-corrected chi connectivity index (χ3v) is 5.13. The molecule has 3 N–H and O–H groups in total. The van der Waals surface area contributed by atoms with Crippen LogP contribution < -0.4 is 15.8 Å². The molecule has 0 bridgehead atoms. The van der Waals surface area contributed by atoms with Crippen LogP contribution in [0.1, 0.15) is 50.7 Å². The molecule has 1 aromatic carbocycles. The Labute approximate surface area is 164 Å². The fourth-order valence-corrected chi connectivity index (χ4v) is 3.78. The number of aromatic nitrogens is 1. The number of hydrogen-bond acceptors (Lipinski definition) is 4. The molecule has 2 aromatic rings. The van der Waals surface area contributed by atoms with E-state index < -0.39 is 0 Å². The average molecular weight is 370 g/mol. The quantitative estimate of drug-likeness (QED) is 0.731. The molecule has 0 radical (unpaired) electrons. The molecule has 3 rings (SSSR count). The van der Waals surface area contributed by atoms with Crippen LogP contribution in [0.3, 0.4) is 0 Å². The Morgan fingerprint density at radius 1 is 1.15 bits per heavy atom. The summed E-state index contributed by atoms with van der Waals surface area (Å²) in [6, 6.07) is 12.9. The van der Waals surface area contributed by atoms with Crippen LogP contribution in [0, 0.1) is 6.92 Å². The predicted octanol–water partition coefficient (Wildman–Crippen LogP) is 4.22. The van der Waals surface area contributed by atoms with Crippen molar-refractivity contribution in [3.8, 4) is 5.75 Å². The molecule has 0 spiro atoms. The van der Waals surface area contributed by atoms with E-state index in [2.05, 4.69) is 40.6 Å². The highest BCUT2D eigenvalue weighted by molar-refractivity contribution is 5.27. The predicted molar refractivity (Wildman–Crippen MR) is 113 cm³/mol. The average Bonchev–Trinajstić information content (AvgIpc) is 3.19. The maximum absolute atomic E-state index is 6.22. The summed E-state index contributed by atoms with van der Waals surface area (Å²) in [5, 5.41) is 3.59. The van der Waals surface area contributed by atoms with Crippen molar-refractivity contribution in [3.05, 3.63) is 59.9 Å². The summed E-state index contributed by atoms with van der Waals surface area (Å²) >= 11 is 0. The van der Waals surface area contributed by atoms with E-state index in [-0.39, 0.29) is 11.5 Å². The number of ether oxygens (including phenoxy) is 1. The van der Waals surface area contributed by atoms with E-state index in [1.807, 2.05) is 33.0 Å². The molecule has 1 atom stereocenters. The Morgan fingerprint density at radius 3 is 2.52 bits per heavy atom. The fourth-order valence-electron chi connectivity index (χ4n) is 3.78. The monoisotopic (exact) mass is 369 g/mol. The van der Waals surface area contributed by atoms with Crippen molar-refractivity contribution in [1.82, 2.24) is 10.3 Å². The summed E-state index contributed by atoms with van der Waals surface area (Å²) in [5.41, 5.74) is 9.03. The molecule has 4 heteroatoms. The summed E-state index contributed by atoms with van der Waals surface area (Å²) in [6.45, 7) is 8.24. The molecule has 1 heterocycles. The Bertz CT molecular complexity index is 654. The van der Waals surface area contributed by atoms with Crippen molar-refractivity contribution in [2.24, 2.45) is 5.73 Å². The van der Waals surface area contributed by atoms with Crippen LogP contribution in [-0.2, 0) is 5.41 Å². The molecule has 1 aliphatic carbocycles. The third kappa shape index (κ3) is 6.33. The van der Waals surface area contributed by atoms with Crippen LogP contribution in [0.4, 0.5) is 0 Å². The molecule has 1 saturated carbocycles. The second-order valence-electron chi connectivity index (χ2n) is 7.25. The van der Waals surface area contributed by atoms with Gasteiger partial charge in [0, 0.05) is 24.7 Å². The summed E-state index contributed by atoms with van der Waals surface area (Å²) in [6.07, 6.45) is 8.68. The fraction of sp³-hybridized carbons (Fsp3) is 0.522. The maximum atomic E-state index is 6.22. The van der Waals surface area contributed by atoms with Gasteiger partial charge in [0.25, 0.3) is 0 Å². The lowest BCUT2D eigenvalue weighted by molar-refractivity contribution is 0.278. The zero-order valence-corrected chi connectivity index (χ0v) is 17.1. The number of hydrogen-bond donors (Lipinski definition) is 2. The smallest absolute Gasteiger partial charge is 0.137 e. The number of pyridine rings is 1. The van der Waals surface area contributed by atoms with Gasteiger partial charge in [-0.15, -0.1) is 0 Å². The zero-order chi connectivity index (χ0) is 19.5. The third-order valence-electron chi connectivity index (χ3n) is 5.13. The van der Waals surface area contributed by atoms with E-state index in [1.165, 1.54) is 31.2 Å². The Morgan fingerprint density at radius 2 is 1.85 bits per heavy atom. The topological polar surface area (TPSA) is 60.2 Å². The van der Waals surface area contributed by atoms with Gasteiger partial charge in [0.1, 0.15) is 12.4 Å². The van der Waals surface area contributed by atoms with Crippen LogP contribution in [0.15, 0.2) is 48.8 Å². The maximum Gasteiger partial charge on any atom is 0.137 e. The van der Waals surface area contributed by atoms with Gasteiger partial charge in [-0.2, -0.15) is 0 Å². The first-order chi connectivity index (χ1) is 13.2. The van der Waals surface area contributed by atoms with Crippen molar-refractivity contribution < 1.29 is 4.74 Å². The van der Waals surface area contributed by atoms with Gasteiger partial charge in [-0.1, -0.05) is 57.0 Å². The van der Waals surface area contributed by atoms with Crippen LogP contribution in [0.25, 0.3) is 0 Å². The largest absolute Gasteiger partial charge is 0.490 e. The van der Waals surface area contributed by atoms with E-state index in [9.17, 15) is 0 Å². The Hall–Kier alpha value is -1.91. The SMILES string of the molecule is CC.Cc1cncc(OCC(N)CNCC2(c3ccccc3)CCCC2)c1. The van der Waals surface area contributed by atoms with Gasteiger partial charge in [-0.25, -0.2) is 0 Å². The van der Waals surface area contributed by atoms with Gasteiger partial charge in [-0.3, -0.25) is 4.98 Å². The Balaban J connectivity index is 0.00000126. The minimum absolute atomic E-state index is 0.0326. The molecular formula is C23H35N3O. The minimum atomic E-state index is -0.0326. The van der Waals surface area contributed by atoms with Gasteiger partial charge in [0.15, 0.2) is 0 Å². The number of aryl methyl sites for hydroxylation is 1. The van der Waals surface area contributed by atoms with Gasteiger partial charge in [-0.05, 0) is 37.0 Å². The van der Waals surface area contributed by atoms with Crippen LogP contribution in [-0.4, -0.2) is 30.7 Å². The van der Waals surface area contributed by atoms with E-state index >= 15 is 0 Å².